The number of thiazole rings is 1. The Hall–Kier alpha value is -1.61. The molecule has 1 heterocycles. The normalized spacial score (nSPS) is 12.5. The van der Waals surface area contributed by atoms with E-state index in [9.17, 15) is 0 Å². The van der Waals surface area contributed by atoms with Crippen LogP contribution in [0.5, 0.6) is 0 Å². The van der Waals surface area contributed by atoms with Gasteiger partial charge in [0.2, 0.25) is 5.52 Å². The standard InChI is InChI=1S/C18H24NOS/c1-6-19-16-10-14(4)15(5)11-17(16)21-18(19)9-8-13(3)12-20-7-2/h8-12H,6-7H2,1-5H3/q+1/b9-8+,13-12+. The van der Waals surface area contributed by atoms with E-state index in [0.29, 0.717) is 6.61 Å². The number of fused-ring (bicyclic) bond motifs is 1. The van der Waals surface area contributed by atoms with E-state index >= 15 is 0 Å². The highest BCUT2D eigenvalue weighted by molar-refractivity contribution is 7.18. The molecule has 0 saturated carbocycles. The molecule has 0 atom stereocenters. The summed E-state index contributed by atoms with van der Waals surface area (Å²) in [6.07, 6.45) is 6.12. The third-order valence-electron chi connectivity index (χ3n) is 3.59. The molecular weight excluding hydrogens is 278 g/mol. The summed E-state index contributed by atoms with van der Waals surface area (Å²) in [4.78, 5) is 0. The summed E-state index contributed by atoms with van der Waals surface area (Å²) in [5, 5.41) is 1.28. The van der Waals surface area contributed by atoms with Crippen molar-refractivity contribution in [2.24, 2.45) is 0 Å². The second kappa shape index (κ2) is 6.90. The lowest BCUT2D eigenvalue weighted by molar-refractivity contribution is -0.665. The number of ether oxygens (including phenoxy) is 1. The van der Waals surface area contributed by atoms with E-state index in [4.69, 9.17) is 4.74 Å². The van der Waals surface area contributed by atoms with Crippen molar-refractivity contribution in [2.45, 2.75) is 41.2 Å². The van der Waals surface area contributed by atoms with E-state index in [-0.39, 0.29) is 0 Å². The fourth-order valence-corrected chi connectivity index (χ4v) is 3.47. The fraction of sp³-hybridized carbons (Fsp3) is 0.389. The third kappa shape index (κ3) is 3.53. The zero-order valence-corrected chi connectivity index (χ0v) is 14.4. The Balaban J connectivity index is 2.42. The van der Waals surface area contributed by atoms with Crippen molar-refractivity contribution >= 4 is 27.6 Å². The largest absolute Gasteiger partial charge is 0.501 e. The van der Waals surface area contributed by atoms with Gasteiger partial charge >= 0.3 is 0 Å². The minimum absolute atomic E-state index is 0.710. The van der Waals surface area contributed by atoms with Crippen molar-refractivity contribution in [1.29, 1.82) is 0 Å². The molecule has 0 amide bonds. The van der Waals surface area contributed by atoms with Crippen molar-refractivity contribution in [1.82, 2.24) is 0 Å². The van der Waals surface area contributed by atoms with Crippen LogP contribution in [0.1, 0.15) is 36.9 Å². The van der Waals surface area contributed by atoms with E-state index < -0.39 is 0 Å². The fourth-order valence-electron chi connectivity index (χ4n) is 2.26. The Bertz CT molecular complexity index is 695. The van der Waals surface area contributed by atoms with E-state index in [1.807, 2.05) is 24.5 Å². The molecule has 2 nitrogen and oxygen atoms in total. The molecule has 21 heavy (non-hydrogen) atoms. The first-order valence-electron chi connectivity index (χ1n) is 7.46. The lowest BCUT2D eigenvalue weighted by Crippen LogP contribution is -2.33. The lowest BCUT2D eigenvalue weighted by Gasteiger charge is -1.97. The zero-order valence-electron chi connectivity index (χ0n) is 13.6. The Morgan fingerprint density at radius 2 is 1.95 bits per heavy atom. The maximum atomic E-state index is 5.31. The van der Waals surface area contributed by atoms with Crippen LogP contribution in [0.4, 0.5) is 0 Å². The van der Waals surface area contributed by atoms with Gasteiger partial charge < -0.3 is 4.74 Å². The van der Waals surface area contributed by atoms with Gasteiger partial charge in [-0.15, -0.1) is 0 Å². The molecule has 0 saturated heterocycles. The van der Waals surface area contributed by atoms with Gasteiger partial charge in [-0.1, -0.05) is 11.3 Å². The van der Waals surface area contributed by atoms with E-state index in [1.54, 1.807) is 0 Å². The van der Waals surface area contributed by atoms with Crippen LogP contribution < -0.4 is 4.57 Å². The first-order valence-corrected chi connectivity index (χ1v) is 8.28. The second-order valence-corrected chi connectivity index (χ2v) is 6.30. The first kappa shape index (κ1) is 15.8. The maximum Gasteiger partial charge on any atom is 0.262 e. The summed E-state index contributed by atoms with van der Waals surface area (Å²) in [5.74, 6) is 0. The molecule has 0 radical (unpaired) electrons. The molecule has 2 rings (SSSR count). The average Bonchev–Trinajstić information content (AvgIpc) is 2.80. The highest BCUT2D eigenvalue weighted by Crippen LogP contribution is 2.25. The van der Waals surface area contributed by atoms with Crippen molar-refractivity contribution in [3.8, 4) is 0 Å². The Labute approximate surface area is 131 Å². The predicted octanol–water partition coefficient (Wildman–Crippen LogP) is 4.78. The van der Waals surface area contributed by atoms with E-state index in [0.717, 1.165) is 12.1 Å². The number of benzene rings is 1. The Kier molecular flexibility index (Phi) is 5.18. The van der Waals surface area contributed by atoms with Gasteiger partial charge in [-0.3, -0.25) is 0 Å². The van der Waals surface area contributed by atoms with Crippen LogP contribution in [0.3, 0.4) is 0 Å². The minimum atomic E-state index is 0.710. The highest BCUT2D eigenvalue weighted by atomic mass is 32.1. The van der Waals surface area contributed by atoms with Gasteiger partial charge in [0.05, 0.1) is 12.9 Å². The number of rotatable bonds is 5. The van der Waals surface area contributed by atoms with Crippen molar-refractivity contribution < 1.29 is 9.30 Å². The molecule has 0 aliphatic rings. The number of aryl methyl sites for hydroxylation is 3. The van der Waals surface area contributed by atoms with Gasteiger partial charge in [-0.05, 0) is 63.5 Å². The summed E-state index contributed by atoms with van der Waals surface area (Å²) in [6, 6.07) is 4.59. The highest BCUT2D eigenvalue weighted by Gasteiger charge is 2.17. The monoisotopic (exact) mass is 302 g/mol. The summed E-state index contributed by atoms with van der Waals surface area (Å²) in [5.41, 5.74) is 5.17. The summed E-state index contributed by atoms with van der Waals surface area (Å²) < 4.78 is 9.04. The summed E-state index contributed by atoms with van der Waals surface area (Å²) in [7, 11) is 0. The number of aromatic nitrogens is 1. The molecule has 0 fully saturated rings. The van der Waals surface area contributed by atoms with E-state index in [2.05, 4.69) is 56.5 Å². The number of nitrogens with zero attached hydrogens (tertiary/aromatic N) is 1. The van der Waals surface area contributed by atoms with Crippen LogP contribution in [-0.4, -0.2) is 6.61 Å². The Morgan fingerprint density at radius 1 is 1.24 bits per heavy atom. The van der Waals surface area contributed by atoms with Crippen molar-refractivity contribution in [2.75, 3.05) is 6.61 Å². The van der Waals surface area contributed by atoms with E-state index in [1.165, 1.54) is 26.4 Å². The van der Waals surface area contributed by atoms with Crippen molar-refractivity contribution in [3.63, 3.8) is 0 Å². The summed E-state index contributed by atoms with van der Waals surface area (Å²) in [6.45, 7) is 12.3. The van der Waals surface area contributed by atoms with Crippen LogP contribution in [0.25, 0.3) is 16.3 Å². The molecule has 2 aromatic rings. The second-order valence-electron chi connectivity index (χ2n) is 5.24. The van der Waals surface area contributed by atoms with Crippen LogP contribution in [0.2, 0.25) is 0 Å². The maximum absolute atomic E-state index is 5.31. The molecule has 0 aliphatic carbocycles. The topological polar surface area (TPSA) is 13.1 Å². The van der Waals surface area contributed by atoms with Gasteiger partial charge in [0.1, 0.15) is 11.2 Å². The van der Waals surface area contributed by atoms with Crippen LogP contribution in [0, 0.1) is 13.8 Å². The van der Waals surface area contributed by atoms with Gasteiger partial charge in [0.25, 0.3) is 5.01 Å². The first-order chi connectivity index (χ1) is 10.1. The van der Waals surface area contributed by atoms with Crippen molar-refractivity contribution in [3.05, 3.63) is 46.2 Å². The molecule has 1 aromatic carbocycles. The molecule has 0 aliphatic heterocycles. The molecule has 0 bridgehead atoms. The average molecular weight is 302 g/mol. The van der Waals surface area contributed by atoms with Crippen LogP contribution in [0.15, 0.2) is 30.0 Å². The summed E-state index contributed by atoms with van der Waals surface area (Å²) >= 11 is 1.85. The molecular formula is C18H24NOS+. The number of hydrogen-bond donors (Lipinski definition) is 0. The predicted molar refractivity (Wildman–Crippen MR) is 91.6 cm³/mol. The molecule has 0 N–H and O–H groups in total. The van der Waals surface area contributed by atoms with Gasteiger partial charge in [0, 0.05) is 12.1 Å². The molecule has 0 unspecified atom stereocenters. The molecule has 1 aromatic heterocycles. The van der Waals surface area contributed by atoms with Gasteiger partial charge in [-0.25, -0.2) is 0 Å². The van der Waals surface area contributed by atoms with Crippen LogP contribution in [-0.2, 0) is 11.3 Å². The quantitative estimate of drug-likeness (QED) is 0.440. The smallest absolute Gasteiger partial charge is 0.262 e. The molecule has 112 valence electrons. The molecule has 0 spiro atoms. The lowest BCUT2D eigenvalue weighted by atomic mass is 10.1. The van der Waals surface area contributed by atoms with Gasteiger partial charge in [0.15, 0.2) is 0 Å². The number of hydrogen-bond acceptors (Lipinski definition) is 2. The zero-order chi connectivity index (χ0) is 15.4. The Morgan fingerprint density at radius 3 is 2.62 bits per heavy atom. The minimum Gasteiger partial charge on any atom is -0.501 e. The van der Waals surface area contributed by atoms with Crippen LogP contribution >= 0.6 is 11.3 Å². The number of allylic oxidation sites excluding steroid dienone is 2. The van der Waals surface area contributed by atoms with Gasteiger partial charge in [-0.2, -0.15) is 4.57 Å². The third-order valence-corrected chi connectivity index (χ3v) is 4.70. The molecule has 3 heteroatoms. The SMILES string of the molecule is CCO/C=C(C)/C=C/c1sc2cc(C)c(C)cc2[n+]1CC.